The number of allylic oxidation sites excluding steroid dienone is 1. The first kappa shape index (κ1) is 23.4. The molecule has 5 saturated carbocycles. The highest BCUT2D eigenvalue weighted by Gasteiger charge is 2.82. The number of hydrogen-bond acceptors (Lipinski definition) is 2. The average molecular weight is 443 g/mol. The Balaban J connectivity index is 1.40. The van der Waals surface area contributed by atoms with Crippen LogP contribution in [0.4, 0.5) is 0 Å². The molecule has 0 bridgehead atoms. The van der Waals surface area contributed by atoms with Gasteiger partial charge in [0, 0.05) is 0 Å². The predicted octanol–water partition coefficient (Wildman–Crippen LogP) is 7.14. The highest BCUT2D eigenvalue weighted by atomic mass is 16.3. The Hall–Kier alpha value is -0.340. The second-order valence-corrected chi connectivity index (χ2v) is 14.8. The van der Waals surface area contributed by atoms with Gasteiger partial charge in [-0.3, -0.25) is 0 Å². The highest BCUT2D eigenvalue weighted by molar-refractivity contribution is 5.30. The zero-order valence-electron chi connectivity index (χ0n) is 22.0. The third-order valence-corrected chi connectivity index (χ3v) is 12.8. The predicted molar refractivity (Wildman–Crippen MR) is 132 cm³/mol. The van der Waals surface area contributed by atoms with Crippen LogP contribution in [0.3, 0.4) is 0 Å². The van der Waals surface area contributed by atoms with Gasteiger partial charge in [-0.05, 0) is 129 Å². The van der Waals surface area contributed by atoms with Crippen LogP contribution in [0, 0.1) is 50.7 Å². The normalized spacial score (nSPS) is 52.7. The summed E-state index contributed by atoms with van der Waals surface area (Å²) in [6.07, 6.45) is 17.4. The largest absolute Gasteiger partial charge is 0.393 e. The van der Waals surface area contributed by atoms with E-state index in [9.17, 15) is 10.2 Å². The van der Waals surface area contributed by atoms with Crippen LogP contribution in [0.2, 0.25) is 0 Å². The van der Waals surface area contributed by atoms with E-state index in [0.717, 1.165) is 30.6 Å². The van der Waals surface area contributed by atoms with E-state index in [-0.39, 0.29) is 11.5 Å². The standard InChI is InChI=1S/C30H50O2/c1-20(9-8-14-25(2,3)32)21-12-15-28(7)23-11-10-22-26(4,5)24(31)13-16-29(22)19-30(23,29)18-17-27(21,28)6/h8-9,20-24,31-32H,10-19H2,1-7H3/b9-8+/t20-,21-,22-,23-,24+,27-,28+,29-,30+/m1/s1. The first-order valence-electron chi connectivity index (χ1n) is 13.8. The number of rotatable bonds is 4. The number of hydrogen-bond donors (Lipinski definition) is 2. The molecular weight excluding hydrogens is 392 g/mol. The Bertz CT molecular complexity index is 791. The van der Waals surface area contributed by atoms with E-state index >= 15 is 0 Å². The van der Waals surface area contributed by atoms with Gasteiger partial charge in [-0.2, -0.15) is 0 Å². The van der Waals surface area contributed by atoms with Crippen LogP contribution in [0.5, 0.6) is 0 Å². The summed E-state index contributed by atoms with van der Waals surface area (Å²) in [5.41, 5.74) is 1.49. The van der Waals surface area contributed by atoms with Gasteiger partial charge in [0.2, 0.25) is 0 Å². The Morgan fingerprint density at radius 2 is 1.53 bits per heavy atom. The molecule has 5 aliphatic carbocycles. The third kappa shape index (κ3) is 2.84. The Labute approximate surface area is 197 Å². The molecule has 182 valence electrons. The molecule has 0 radical (unpaired) electrons. The monoisotopic (exact) mass is 442 g/mol. The van der Waals surface area contributed by atoms with Crippen LogP contribution in [0.1, 0.15) is 113 Å². The summed E-state index contributed by atoms with van der Waals surface area (Å²) in [6, 6.07) is 0. The van der Waals surface area contributed by atoms with Gasteiger partial charge in [0.05, 0.1) is 11.7 Å². The van der Waals surface area contributed by atoms with Crippen LogP contribution < -0.4 is 0 Å². The molecule has 0 saturated heterocycles. The van der Waals surface area contributed by atoms with Crippen molar-refractivity contribution < 1.29 is 10.2 Å². The maximum Gasteiger partial charge on any atom is 0.0626 e. The van der Waals surface area contributed by atoms with Gasteiger partial charge in [0.15, 0.2) is 0 Å². The average Bonchev–Trinajstić information content (AvgIpc) is 3.27. The Morgan fingerprint density at radius 1 is 0.875 bits per heavy atom. The van der Waals surface area contributed by atoms with E-state index in [2.05, 4.69) is 46.8 Å². The molecule has 0 unspecified atom stereocenters. The van der Waals surface area contributed by atoms with Crippen LogP contribution in [-0.2, 0) is 0 Å². The lowest BCUT2D eigenvalue weighted by atomic mass is 9.42. The summed E-state index contributed by atoms with van der Waals surface area (Å²) in [5, 5.41) is 21.0. The molecule has 2 heteroatoms. The van der Waals surface area contributed by atoms with Gasteiger partial charge in [0.25, 0.3) is 0 Å². The molecular formula is C30H50O2. The van der Waals surface area contributed by atoms with Crippen molar-refractivity contribution in [3.05, 3.63) is 12.2 Å². The SMILES string of the molecule is C[C@H](/C=C/CC(C)(C)O)[C@H]1CC[C@@]2(C)[C@H]3CC[C@@H]4C(C)(C)[C@@H](O)CC[C@@]45C[C@@]35CC[C@]12C. The van der Waals surface area contributed by atoms with Crippen molar-refractivity contribution >= 4 is 0 Å². The molecule has 2 nitrogen and oxygen atoms in total. The quantitative estimate of drug-likeness (QED) is 0.454. The lowest BCUT2D eigenvalue weighted by Gasteiger charge is -2.63. The molecule has 32 heavy (non-hydrogen) atoms. The van der Waals surface area contributed by atoms with Crippen molar-refractivity contribution in [2.24, 2.45) is 50.7 Å². The van der Waals surface area contributed by atoms with Crippen LogP contribution in [0.25, 0.3) is 0 Å². The molecule has 2 spiro atoms. The third-order valence-electron chi connectivity index (χ3n) is 12.8. The second-order valence-electron chi connectivity index (χ2n) is 14.8. The summed E-state index contributed by atoms with van der Waals surface area (Å²) in [4.78, 5) is 0. The zero-order valence-corrected chi connectivity index (χ0v) is 22.0. The molecule has 5 aliphatic rings. The van der Waals surface area contributed by atoms with Gasteiger partial charge >= 0.3 is 0 Å². The highest BCUT2D eigenvalue weighted by Crippen LogP contribution is 2.89. The van der Waals surface area contributed by atoms with Gasteiger partial charge in [0.1, 0.15) is 0 Å². The molecule has 0 amide bonds. The molecule has 5 fully saturated rings. The summed E-state index contributed by atoms with van der Waals surface area (Å²) in [5.74, 6) is 2.96. The Morgan fingerprint density at radius 3 is 2.22 bits per heavy atom. The van der Waals surface area contributed by atoms with Crippen LogP contribution in [0.15, 0.2) is 12.2 Å². The number of aliphatic hydroxyl groups is 2. The lowest BCUT2D eigenvalue weighted by Crippen LogP contribution is -2.57. The van der Waals surface area contributed by atoms with E-state index in [1.807, 2.05) is 13.8 Å². The van der Waals surface area contributed by atoms with Crippen molar-refractivity contribution in [1.29, 1.82) is 0 Å². The van der Waals surface area contributed by atoms with Gasteiger partial charge in [-0.15, -0.1) is 0 Å². The van der Waals surface area contributed by atoms with Crippen molar-refractivity contribution in [2.45, 2.75) is 124 Å². The maximum absolute atomic E-state index is 10.8. The second kappa shape index (κ2) is 6.87. The van der Waals surface area contributed by atoms with E-state index in [0.29, 0.717) is 27.6 Å². The Kier molecular flexibility index (Phi) is 5.02. The van der Waals surface area contributed by atoms with E-state index in [1.165, 1.54) is 51.4 Å². The molecule has 5 rings (SSSR count). The van der Waals surface area contributed by atoms with Crippen molar-refractivity contribution in [3.8, 4) is 0 Å². The number of aliphatic hydroxyl groups excluding tert-OH is 1. The molecule has 2 N–H and O–H groups in total. The molecule has 9 atom stereocenters. The fourth-order valence-electron chi connectivity index (χ4n) is 10.9. The topological polar surface area (TPSA) is 40.5 Å². The fourth-order valence-corrected chi connectivity index (χ4v) is 10.9. The van der Waals surface area contributed by atoms with Crippen molar-refractivity contribution in [2.75, 3.05) is 0 Å². The minimum atomic E-state index is -0.609. The summed E-state index contributed by atoms with van der Waals surface area (Å²) in [6.45, 7) is 16.4. The van der Waals surface area contributed by atoms with Crippen molar-refractivity contribution in [3.63, 3.8) is 0 Å². The van der Waals surface area contributed by atoms with Crippen LogP contribution in [-0.4, -0.2) is 21.9 Å². The van der Waals surface area contributed by atoms with Gasteiger partial charge in [-0.25, -0.2) is 0 Å². The molecule has 0 aromatic carbocycles. The minimum Gasteiger partial charge on any atom is -0.393 e. The minimum absolute atomic E-state index is 0.0897. The van der Waals surface area contributed by atoms with E-state index in [4.69, 9.17) is 0 Å². The zero-order chi connectivity index (χ0) is 23.4. The first-order valence-corrected chi connectivity index (χ1v) is 13.8. The lowest BCUT2D eigenvalue weighted by molar-refractivity contribution is -0.160. The molecule has 0 aliphatic heterocycles. The van der Waals surface area contributed by atoms with E-state index in [1.54, 1.807) is 0 Å². The van der Waals surface area contributed by atoms with Crippen LogP contribution >= 0.6 is 0 Å². The van der Waals surface area contributed by atoms with Gasteiger partial charge < -0.3 is 10.2 Å². The number of fused-ring (bicyclic) bond motifs is 2. The molecule has 0 aromatic heterocycles. The van der Waals surface area contributed by atoms with Gasteiger partial charge in [-0.1, -0.05) is 46.8 Å². The summed E-state index contributed by atoms with van der Waals surface area (Å²) in [7, 11) is 0. The summed E-state index contributed by atoms with van der Waals surface area (Å²) < 4.78 is 0. The summed E-state index contributed by atoms with van der Waals surface area (Å²) >= 11 is 0. The van der Waals surface area contributed by atoms with Crippen molar-refractivity contribution in [1.82, 2.24) is 0 Å². The molecule has 0 aromatic rings. The molecule has 0 heterocycles. The first-order chi connectivity index (χ1) is 14.7. The fraction of sp³-hybridized carbons (Fsp3) is 0.933. The van der Waals surface area contributed by atoms with E-state index < -0.39 is 5.60 Å². The maximum atomic E-state index is 10.8. The smallest absolute Gasteiger partial charge is 0.0626 e.